The molecule has 1 aromatic heterocycles. The standard InChI is InChI=1S/C14H17N3O2/c1-9(7-15)8-16-14(19)11-6-13(18)17-12-5-3-2-4-10(11)12/h2-6,9H,7-8,15H2,1H3,(H,16,19)(H,17,18). The minimum atomic E-state index is -0.282. The summed E-state index contributed by atoms with van der Waals surface area (Å²) >= 11 is 0. The Morgan fingerprint density at radius 1 is 1.42 bits per heavy atom. The molecule has 4 N–H and O–H groups in total. The Balaban J connectivity index is 2.33. The first kappa shape index (κ1) is 13.3. The van der Waals surface area contributed by atoms with Crippen molar-refractivity contribution in [3.05, 3.63) is 46.2 Å². The van der Waals surface area contributed by atoms with Crippen LogP contribution >= 0.6 is 0 Å². The van der Waals surface area contributed by atoms with Crippen LogP contribution in [0.25, 0.3) is 10.9 Å². The normalized spacial score (nSPS) is 12.3. The van der Waals surface area contributed by atoms with Gasteiger partial charge in [0.2, 0.25) is 5.56 Å². The number of nitrogens with two attached hydrogens (primary N) is 1. The number of benzene rings is 1. The Morgan fingerprint density at radius 3 is 2.89 bits per heavy atom. The van der Waals surface area contributed by atoms with Crippen LogP contribution in [0.2, 0.25) is 0 Å². The van der Waals surface area contributed by atoms with Crippen molar-refractivity contribution in [2.75, 3.05) is 13.1 Å². The number of para-hydroxylation sites is 1. The summed E-state index contributed by atoms with van der Waals surface area (Å²) in [6.45, 7) is 2.96. The minimum absolute atomic E-state index is 0.206. The maximum atomic E-state index is 12.1. The lowest BCUT2D eigenvalue weighted by atomic mass is 10.1. The van der Waals surface area contributed by atoms with Gasteiger partial charge in [-0.15, -0.1) is 0 Å². The van der Waals surface area contributed by atoms with Gasteiger partial charge >= 0.3 is 0 Å². The number of amides is 1. The number of hydrogen-bond donors (Lipinski definition) is 3. The maximum Gasteiger partial charge on any atom is 0.252 e. The van der Waals surface area contributed by atoms with Crippen molar-refractivity contribution in [3.8, 4) is 0 Å². The molecule has 100 valence electrons. The molecule has 0 aliphatic carbocycles. The first-order valence-electron chi connectivity index (χ1n) is 6.22. The Morgan fingerprint density at radius 2 is 2.16 bits per heavy atom. The number of carbonyl (C=O) groups excluding carboxylic acids is 1. The van der Waals surface area contributed by atoms with Gasteiger partial charge in [0, 0.05) is 23.5 Å². The molecule has 0 saturated carbocycles. The van der Waals surface area contributed by atoms with Gasteiger partial charge in [-0.25, -0.2) is 0 Å². The second-order valence-electron chi connectivity index (χ2n) is 4.64. The number of H-pyrrole nitrogens is 1. The van der Waals surface area contributed by atoms with E-state index in [2.05, 4.69) is 10.3 Å². The zero-order valence-corrected chi connectivity index (χ0v) is 10.8. The van der Waals surface area contributed by atoms with Crippen LogP contribution in [-0.2, 0) is 0 Å². The molecule has 1 heterocycles. The third-order valence-corrected chi connectivity index (χ3v) is 3.01. The Kier molecular flexibility index (Phi) is 3.97. The molecule has 0 aliphatic rings. The fourth-order valence-corrected chi connectivity index (χ4v) is 1.84. The number of aromatic amines is 1. The van der Waals surface area contributed by atoms with E-state index in [1.807, 2.05) is 25.1 Å². The first-order chi connectivity index (χ1) is 9.11. The van der Waals surface area contributed by atoms with Crippen molar-refractivity contribution in [2.45, 2.75) is 6.92 Å². The minimum Gasteiger partial charge on any atom is -0.352 e. The van der Waals surface area contributed by atoms with Crippen LogP contribution in [0.5, 0.6) is 0 Å². The third-order valence-electron chi connectivity index (χ3n) is 3.01. The molecule has 0 aliphatic heterocycles. The van der Waals surface area contributed by atoms with Gasteiger partial charge in [-0.2, -0.15) is 0 Å². The number of carbonyl (C=O) groups is 1. The lowest BCUT2D eigenvalue weighted by Gasteiger charge is -2.11. The molecular formula is C14H17N3O2. The van der Waals surface area contributed by atoms with E-state index in [0.29, 0.717) is 24.2 Å². The van der Waals surface area contributed by atoms with Crippen LogP contribution < -0.4 is 16.6 Å². The van der Waals surface area contributed by atoms with Crippen LogP contribution in [0, 0.1) is 5.92 Å². The summed E-state index contributed by atoms with van der Waals surface area (Å²) in [5.41, 5.74) is 6.28. The van der Waals surface area contributed by atoms with Crippen molar-refractivity contribution in [1.29, 1.82) is 0 Å². The first-order valence-corrected chi connectivity index (χ1v) is 6.22. The van der Waals surface area contributed by atoms with Crippen molar-refractivity contribution < 1.29 is 4.79 Å². The molecule has 0 fully saturated rings. The fourth-order valence-electron chi connectivity index (χ4n) is 1.84. The van der Waals surface area contributed by atoms with E-state index in [4.69, 9.17) is 5.73 Å². The molecular weight excluding hydrogens is 242 g/mol. The predicted octanol–water partition coefficient (Wildman–Crippen LogP) is 0.853. The van der Waals surface area contributed by atoms with Crippen molar-refractivity contribution in [1.82, 2.24) is 10.3 Å². The van der Waals surface area contributed by atoms with E-state index in [1.165, 1.54) is 6.07 Å². The van der Waals surface area contributed by atoms with Crippen LogP contribution in [-0.4, -0.2) is 24.0 Å². The average molecular weight is 259 g/mol. The molecule has 0 spiro atoms. The molecule has 2 aromatic rings. The molecule has 1 aromatic carbocycles. The van der Waals surface area contributed by atoms with Crippen molar-refractivity contribution >= 4 is 16.8 Å². The van der Waals surface area contributed by atoms with Crippen LogP contribution in [0.4, 0.5) is 0 Å². The second kappa shape index (κ2) is 5.67. The number of fused-ring (bicyclic) bond motifs is 1. The highest BCUT2D eigenvalue weighted by Gasteiger charge is 2.12. The van der Waals surface area contributed by atoms with Gasteiger partial charge in [0.25, 0.3) is 5.91 Å². The predicted molar refractivity (Wildman–Crippen MR) is 75.1 cm³/mol. The van der Waals surface area contributed by atoms with Crippen LogP contribution in [0.3, 0.4) is 0 Å². The van der Waals surface area contributed by atoms with Gasteiger partial charge in [-0.05, 0) is 18.5 Å². The van der Waals surface area contributed by atoms with Gasteiger partial charge in [0.15, 0.2) is 0 Å². The number of rotatable bonds is 4. The van der Waals surface area contributed by atoms with Gasteiger partial charge in [0.05, 0.1) is 5.56 Å². The zero-order valence-electron chi connectivity index (χ0n) is 10.8. The number of nitrogens with one attached hydrogen (secondary N) is 2. The number of aromatic nitrogens is 1. The second-order valence-corrected chi connectivity index (χ2v) is 4.64. The summed E-state index contributed by atoms with van der Waals surface area (Å²) in [5, 5.41) is 3.53. The topological polar surface area (TPSA) is 88.0 Å². The van der Waals surface area contributed by atoms with Gasteiger partial charge in [-0.1, -0.05) is 25.1 Å². The molecule has 1 atom stereocenters. The molecule has 2 rings (SSSR count). The Bertz CT molecular complexity index is 648. The van der Waals surface area contributed by atoms with E-state index in [-0.39, 0.29) is 17.4 Å². The quantitative estimate of drug-likeness (QED) is 0.760. The molecule has 5 nitrogen and oxygen atoms in total. The fraction of sp³-hybridized carbons (Fsp3) is 0.286. The van der Waals surface area contributed by atoms with E-state index in [0.717, 1.165) is 5.39 Å². The van der Waals surface area contributed by atoms with E-state index in [9.17, 15) is 9.59 Å². The lowest BCUT2D eigenvalue weighted by Crippen LogP contribution is -2.32. The highest BCUT2D eigenvalue weighted by Crippen LogP contribution is 2.14. The molecule has 0 saturated heterocycles. The zero-order chi connectivity index (χ0) is 13.8. The SMILES string of the molecule is CC(CN)CNC(=O)c1cc(=O)[nH]c2ccccc12. The number of pyridine rings is 1. The van der Waals surface area contributed by atoms with E-state index in [1.54, 1.807) is 6.07 Å². The molecule has 0 radical (unpaired) electrons. The molecule has 0 bridgehead atoms. The smallest absolute Gasteiger partial charge is 0.252 e. The average Bonchev–Trinajstić information content (AvgIpc) is 2.43. The molecule has 1 amide bonds. The lowest BCUT2D eigenvalue weighted by molar-refractivity contribution is 0.0950. The summed E-state index contributed by atoms with van der Waals surface area (Å²) in [6.07, 6.45) is 0. The van der Waals surface area contributed by atoms with Crippen LogP contribution in [0.1, 0.15) is 17.3 Å². The summed E-state index contributed by atoms with van der Waals surface area (Å²) in [7, 11) is 0. The summed E-state index contributed by atoms with van der Waals surface area (Å²) in [4.78, 5) is 26.4. The van der Waals surface area contributed by atoms with Gasteiger partial charge in [0.1, 0.15) is 0 Å². The molecule has 5 heteroatoms. The number of hydrogen-bond acceptors (Lipinski definition) is 3. The molecule has 1 unspecified atom stereocenters. The van der Waals surface area contributed by atoms with Crippen LogP contribution in [0.15, 0.2) is 35.1 Å². The van der Waals surface area contributed by atoms with Crippen molar-refractivity contribution in [3.63, 3.8) is 0 Å². The Labute approximate surface area is 110 Å². The van der Waals surface area contributed by atoms with E-state index < -0.39 is 0 Å². The van der Waals surface area contributed by atoms with Crippen molar-refractivity contribution in [2.24, 2.45) is 11.7 Å². The highest BCUT2D eigenvalue weighted by atomic mass is 16.2. The maximum absolute atomic E-state index is 12.1. The van der Waals surface area contributed by atoms with Gasteiger partial charge < -0.3 is 16.0 Å². The summed E-state index contributed by atoms with van der Waals surface area (Å²) < 4.78 is 0. The summed E-state index contributed by atoms with van der Waals surface area (Å²) in [5.74, 6) is -0.0418. The van der Waals surface area contributed by atoms with E-state index >= 15 is 0 Å². The largest absolute Gasteiger partial charge is 0.352 e. The Hall–Kier alpha value is -2.14. The summed E-state index contributed by atoms with van der Waals surface area (Å²) in [6, 6.07) is 8.56. The third kappa shape index (κ3) is 3.00. The van der Waals surface area contributed by atoms with Gasteiger partial charge in [-0.3, -0.25) is 9.59 Å². The molecule has 19 heavy (non-hydrogen) atoms. The monoisotopic (exact) mass is 259 g/mol. The highest BCUT2D eigenvalue weighted by molar-refractivity contribution is 6.05.